The maximum Gasteiger partial charge on any atom is 0.299 e. The molecule has 1 heterocycles. The van der Waals surface area contributed by atoms with E-state index in [2.05, 4.69) is 22.6 Å². The third-order valence-electron chi connectivity index (χ3n) is 2.08. The van der Waals surface area contributed by atoms with Crippen LogP contribution >= 0.6 is 22.6 Å². The van der Waals surface area contributed by atoms with E-state index >= 15 is 0 Å². The van der Waals surface area contributed by atoms with Crippen LogP contribution in [0.15, 0.2) is 18.2 Å². The van der Waals surface area contributed by atoms with Gasteiger partial charge in [-0.15, -0.1) is 0 Å². The van der Waals surface area contributed by atoms with Crippen molar-refractivity contribution in [2.24, 2.45) is 0 Å². The van der Waals surface area contributed by atoms with Gasteiger partial charge in [-0.2, -0.15) is 0 Å². The monoisotopic (exact) mass is 287 g/mol. The van der Waals surface area contributed by atoms with Crippen molar-refractivity contribution in [1.82, 2.24) is 0 Å². The van der Waals surface area contributed by atoms with Crippen LogP contribution in [0.3, 0.4) is 0 Å². The molecule has 2 rings (SSSR count). The van der Waals surface area contributed by atoms with Crippen LogP contribution in [0, 0.1) is 3.57 Å². The Labute approximate surface area is 88.9 Å². The highest BCUT2D eigenvalue weighted by Crippen LogP contribution is 2.30. The van der Waals surface area contributed by atoms with Crippen molar-refractivity contribution in [2.45, 2.75) is 0 Å². The molecule has 1 aliphatic rings. The lowest BCUT2D eigenvalue weighted by Gasteiger charge is -2.07. The minimum Gasteiger partial charge on any atom is -0.308 e. The smallest absolute Gasteiger partial charge is 0.299 e. The minimum atomic E-state index is -0.445. The van der Waals surface area contributed by atoms with Gasteiger partial charge in [0.2, 0.25) is 0 Å². The summed E-state index contributed by atoms with van der Waals surface area (Å²) in [5.74, 6) is -0.846. The maximum absolute atomic E-state index is 11.4. The topological polar surface area (TPSA) is 37.4 Å². The number of anilines is 1. The van der Waals surface area contributed by atoms with Gasteiger partial charge in [-0.25, -0.2) is 0 Å². The highest BCUT2D eigenvalue weighted by molar-refractivity contribution is 14.1. The van der Waals surface area contributed by atoms with Crippen molar-refractivity contribution < 1.29 is 9.59 Å². The van der Waals surface area contributed by atoms with Crippen LogP contribution in [0.5, 0.6) is 0 Å². The van der Waals surface area contributed by atoms with E-state index in [0.717, 1.165) is 3.57 Å². The Morgan fingerprint density at radius 2 is 2.00 bits per heavy atom. The van der Waals surface area contributed by atoms with E-state index in [1.807, 2.05) is 12.1 Å². The molecule has 0 atom stereocenters. The number of carbonyl (C=O) groups excluding carboxylic acids is 2. The van der Waals surface area contributed by atoms with Crippen molar-refractivity contribution in [3.8, 4) is 0 Å². The van der Waals surface area contributed by atoms with Crippen molar-refractivity contribution in [2.75, 3.05) is 11.9 Å². The number of hydrogen-bond acceptors (Lipinski definition) is 2. The number of hydrogen-bond donors (Lipinski definition) is 0. The van der Waals surface area contributed by atoms with Gasteiger partial charge in [0, 0.05) is 10.6 Å². The summed E-state index contributed by atoms with van der Waals surface area (Å²) in [6.07, 6.45) is 0. The fourth-order valence-corrected chi connectivity index (χ4v) is 2.11. The number of halogens is 1. The fraction of sp³-hybridized carbons (Fsp3) is 0.111. The van der Waals surface area contributed by atoms with Crippen LogP contribution in [0.1, 0.15) is 10.4 Å². The summed E-state index contributed by atoms with van der Waals surface area (Å²) in [4.78, 5) is 24.1. The van der Waals surface area contributed by atoms with Crippen molar-refractivity contribution >= 4 is 40.0 Å². The first-order chi connectivity index (χ1) is 6.13. The van der Waals surface area contributed by atoms with Crippen LogP contribution in [0.25, 0.3) is 0 Å². The molecule has 1 aromatic carbocycles. The molecule has 3 nitrogen and oxygen atoms in total. The predicted molar refractivity (Wildman–Crippen MR) is 56.9 cm³/mol. The predicted octanol–water partition coefficient (Wildman–Crippen LogP) is 1.45. The zero-order valence-electron chi connectivity index (χ0n) is 6.87. The zero-order chi connectivity index (χ0) is 9.59. The molecule has 0 radical (unpaired) electrons. The number of fused-ring (bicyclic) bond motifs is 1. The average Bonchev–Trinajstić information content (AvgIpc) is 2.33. The second kappa shape index (κ2) is 2.80. The molecule has 1 aromatic rings. The van der Waals surface area contributed by atoms with Gasteiger partial charge in [-0.1, -0.05) is 6.07 Å². The molecule has 0 fully saturated rings. The lowest BCUT2D eigenvalue weighted by atomic mass is 10.1. The second-order valence-corrected chi connectivity index (χ2v) is 3.99. The summed E-state index contributed by atoms with van der Waals surface area (Å²) >= 11 is 2.06. The van der Waals surface area contributed by atoms with Crippen LogP contribution in [0.2, 0.25) is 0 Å². The first kappa shape index (κ1) is 8.68. The molecule has 0 aromatic heterocycles. The summed E-state index contributed by atoms with van der Waals surface area (Å²) in [5, 5.41) is 0. The van der Waals surface area contributed by atoms with Gasteiger partial charge in [0.1, 0.15) is 0 Å². The molecule has 4 heteroatoms. The highest BCUT2D eigenvalue weighted by Gasteiger charge is 2.34. The molecular formula is C9H6INO2. The Balaban J connectivity index is 2.73. The summed E-state index contributed by atoms with van der Waals surface area (Å²) in [7, 11) is 1.61. The normalized spacial score (nSPS) is 15.1. The number of benzene rings is 1. The van der Waals surface area contributed by atoms with Gasteiger partial charge < -0.3 is 4.90 Å². The number of carbonyl (C=O) groups is 2. The maximum atomic E-state index is 11.4. The highest BCUT2D eigenvalue weighted by atomic mass is 127. The van der Waals surface area contributed by atoms with Crippen LogP contribution in [-0.4, -0.2) is 18.7 Å². The molecule has 1 aliphatic heterocycles. The van der Waals surface area contributed by atoms with Gasteiger partial charge >= 0.3 is 0 Å². The van der Waals surface area contributed by atoms with E-state index in [9.17, 15) is 9.59 Å². The first-order valence-corrected chi connectivity index (χ1v) is 4.81. The molecule has 0 saturated carbocycles. The molecule has 1 amide bonds. The molecular weight excluding hydrogens is 281 g/mol. The van der Waals surface area contributed by atoms with Crippen molar-refractivity contribution in [3.63, 3.8) is 0 Å². The summed E-state index contributed by atoms with van der Waals surface area (Å²) < 4.78 is 0.831. The van der Waals surface area contributed by atoms with Crippen LogP contribution < -0.4 is 4.90 Å². The lowest BCUT2D eigenvalue weighted by molar-refractivity contribution is -0.114. The van der Waals surface area contributed by atoms with E-state index < -0.39 is 11.7 Å². The van der Waals surface area contributed by atoms with E-state index in [0.29, 0.717) is 11.3 Å². The summed E-state index contributed by atoms with van der Waals surface area (Å²) in [6, 6.07) is 5.44. The first-order valence-electron chi connectivity index (χ1n) is 3.74. The Morgan fingerprint density at radius 3 is 2.62 bits per heavy atom. The van der Waals surface area contributed by atoms with Crippen molar-refractivity contribution in [3.05, 3.63) is 27.3 Å². The van der Waals surface area contributed by atoms with E-state index in [1.54, 1.807) is 13.1 Å². The molecule has 13 heavy (non-hydrogen) atoms. The molecule has 0 bridgehead atoms. The third-order valence-corrected chi connectivity index (χ3v) is 2.98. The number of ketones is 1. The molecule has 0 saturated heterocycles. The van der Waals surface area contributed by atoms with Crippen molar-refractivity contribution in [1.29, 1.82) is 0 Å². The van der Waals surface area contributed by atoms with Crippen LogP contribution in [-0.2, 0) is 4.79 Å². The molecule has 0 spiro atoms. The number of rotatable bonds is 0. The Morgan fingerprint density at radius 1 is 1.31 bits per heavy atom. The van der Waals surface area contributed by atoms with Gasteiger partial charge in [0.25, 0.3) is 11.7 Å². The quantitative estimate of drug-likeness (QED) is 0.535. The second-order valence-electron chi connectivity index (χ2n) is 2.83. The van der Waals surface area contributed by atoms with Crippen LogP contribution in [0.4, 0.5) is 5.69 Å². The molecule has 0 unspecified atom stereocenters. The molecule has 0 aliphatic carbocycles. The SMILES string of the molecule is CN1C(=O)C(=O)c2c(I)cccc21. The lowest BCUT2D eigenvalue weighted by Crippen LogP contribution is -2.24. The average molecular weight is 287 g/mol. The molecule has 66 valence electrons. The summed E-state index contributed by atoms with van der Waals surface area (Å²) in [5.41, 5.74) is 1.25. The largest absolute Gasteiger partial charge is 0.308 e. The van der Waals surface area contributed by atoms with Gasteiger partial charge in [-0.05, 0) is 34.7 Å². The van der Waals surface area contributed by atoms with E-state index in [1.165, 1.54) is 4.90 Å². The summed E-state index contributed by atoms with van der Waals surface area (Å²) in [6.45, 7) is 0. The Kier molecular flexibility index (Phi) is 1.87. The fourth-order valence-electron chi connectivity index (χ4n) is 1.39. The number of likely N-dealkylation sites (N-methyl/N-ethyl adjacent to an activating group) is 1. The van der Waals surface area contributed by atoms with Gasteiger partial charge in [0.15, 0.2) is 0 Å². The Bertz CT molecular complexity index is 414. The number of Topliss-reactive ketones (excluding diaryl/α,β-unsaturated/α-hetero) is 1. The Hall–Kier alpha value is -0.910. The molecule has 0 N–H and O–H groups in total. The standard InChI is InChI=1S/C9H6INO2/c1-11-6-4-2-3-5(10)7(6)8(12)9(11)13/h2-4H,1H3. The minimum absolute atomic E-state index is 0.400. The van der Waals surface area contributed by atoms with E-state index in [-0.39, 0.29) is 0 Å². The van der Waals surface area contributed by atoms with E-state index in [4.69, 9.17) is 0 Å². The third kappa shape index (κ3) is 1.08. The zero-order valence-corrected chi connectivity index (χ0v) is 9.03. The number of amides is 1. The van der Waals surface area contributed by atoms with Gasteiger partial charge in [-0.3, -0.25) is 9.59 Å². The number of nitrogens with zero attached hydrogens (tertiary/aromatic N) is 1. The van der Waals surface area contributed by atoms with Gasteiger partial charge in [0.05, 0.1) is 11.3 Å².